The van der Waals surface area contributed by atoms with Crippen LogP contribution >= 0.6 is 11.6 Å². The molecule has 1 fully saturated rings. The fourth-order valence-corrected chi connectivity index (χ4v) is 4.45. The quantitative estimate of drug-likeness (QED) is 0.572. The number of amides is 4. The molecule has 0 aliphatic carbocycles. The summed E-state index contributed by atoms with van der Waals surface area (Å²) in [5, 5.41) is 6.39. The first kappa shape index (κ1) is 25.8. The molecule has 10 heteroatoms. The van der Waals surface area contributed by atoms with Gasteiger partial charge >= 0.3 is 18.0 Å². The van der Waals surface area contributed by atoms with E-state index in [0.29, 0.717) is 61.1 Å². The van der Waals surface area contributed by atoms with Crippen molar-refractivity contribution in [3.8, 4) is 0 Å². The number of carbonyl (C=O) groups excluding carboxylic acids is 3. The van der Waals surface area contributed by atoms with Gasteiger partial charge in [0.1, 0.15) is 0 Å². The van der Waals surface area contributed by atoms with Crippen LogP contribution in [-0.4, -0.2) is 84.6 Å². The highest BCUT2D eigenvalue weighted by atomic mass is 35.5. The van der Waals surface area contributed by atoms with Crippen molar-refractivity contribution in [3.63, 3.8) is 0 Å². The lowest BCUT2D eigenvalue weighted by Crippen LogP contribution is -2.55. The molecular weight excluding hydrogens is 458 g/mol. The van der Waals surface area contributed by atoms with E-state index < -0.39 is 12.0 Å². The zero-order chi connectivity index (χ0) is 24.8. The van der Waals surface area contributed by atoms with Gasteiger partial charge in [0.05, 0.1) is 18.2 Å². The summed E-state index contributed by atoms with van der Waals surface area (Å²) in [6.45, 7) is 10.9. The lowest BCUT2D eigenvalue weighted by atomic mass is 9.94. The Labute approximate surface area is 206 Å². The van der Waals surface area contributed by atoms with Gasteiger partial charge in [-0.05, 0) is 45.4 Å². The molecule has 9 nitrogen and oxygen atoms in total. The predicted octanol–water partition coefficient (Wildman–Crippen LogP) is 2.98. The second-order valence-corrected chi connectivity index (χ2v) is 9.07. The zero-order valence-corrected chi connectivity index (χ0v) is 21.0. The number of esters is 1. The minimum Gasteiger partial charge on any atom is -0.463 e. The van der Waals surface area contributed by atoms with Gasteiger partial charge in [0.2, 0.25) is 0 Å². The van der Waals surface area contributed by atoms with Crippen LogP contribution in [0.4, 0.5) is 9.59 Å². The first-order valence-corrected chi connectivity index (χ1v) is 12.1. The number of nitrogens with one attached hydrogen (secondary N) is 2. The van der Waals surface area contributed by atoms with Gasteiger partial charge in [-0.25, -0.2) is 14.4 Å². The molecule has 0 aromatic heterocycles. The van der Waals surface area contributed by atoms with E-state index in [1.165, 1.54) is 0 Å². The van der Waals surface area contributed by atoms with Gasteiger partial charge in [-0.2, -0.15) is 0 Å². The van der Waals surface area contributed by atoms with Crippen LogP contribution in [0.1, 0.15) is 39.3 Å². The highest BCUT2D eigenvalue weighted by Gasteiger charge is 2.38. The number of rotatable bonds is 7. The highest BCUT2D eigenvalue weighted by Crippen LogP contribution is 2.33. The monoisotopic (exact) mass is 491 g/mol. The molecule has 0 bridgehead atoms. The molecule has 0 unspecified atom stereocenters. The third kappa shape index (κ3) is 6.01. The topological polar surface area (TPSA) is 94.2 Å². The minimum atomic E-state index is -0.666. The molecule has 0 saturated carbocycles. The normalized spacial score (nSPS) is 19.4. The van der Waals surface area contributed by atoms with Crippen LogP contribution in [0.5, 0.6) is 0 Å². The Kier molecular flexibility index (Phi) is 8.79. The fraction of sp³-hybridized carbons (Fsp3) is 0.542. The van der Waals surface area contributed by atoms with Gasteiger partial charge in [0, 0.05) is 56.0 Å². The molecule has 1 aromatic rings. The van der Waals surface area contributed by atoms with E-state index in [9.17, 15) is 14.4 Å². The van der Waals surface area contributed by atoms with E-state index >= 15 is 0 Å². The van der Waals surface area contributed by atoms with Crippen molar-refractivity contribution in [1.82, 2.24) is 25.3 Å². The van der Waals surface area contributed by atoms with Crippen molar-refractivity contribution in [1.29, 1.82) is 0 Å². The van der Waals surface area contributed by atoms with Crippen LogP contribution < -0.4 is 10.6 Å². The van der Waals surface area contributed by atoms with Gasteiger partial charge in [-0.15, -0.1) is 0 Å². The average molecular weight is 492 g/mol. The fourth-order valence-electron chi connectivity index (χ4n) is 4.25. The molecule has 2 heterocycles. The van der Waals surface area contributed by atoms with Crippen molar-refractivity contribution in [2.24, 2.45) is 0 Å². The predicted molar refractivity (Wildman–Crippen MR) is 130 cm³/mol. The Balaban J connectivity index is 1.91. The lowest BCUT2D eigenvalue weighted by molar-refractivity contribution is -0.139. The smallest absolute Gasteiger partial charge is 0.338 e. The third-order valence-electron chi connectivity index (χ3n) is 5.88. The van der Waals surface area contributed by atoms with Crippen molar-refractivity contribution >= 4 is 29.6 Å². The first-order valence-electron chi connectivity index (χ1n) is 11.8. The van der Waals surface area contributed by atoms with Gasteiger partial charge in [0.15, 0.2) is 0 Å². The summed E-state index contributed by atoms with van der Waals surface area (Å²) in [5.41, 5.74) is 1.74. The van der Waals surface area contributed by atoms with E-state index in [0.717, 1.165) is 0 Å². The number of halogens is 1. The van der Waals surface area contributed by atoms with Crippen molar-refractivity contribution in [2.75, 3.05) is 45.9 Å². The number of benzene rings is 1. The number of ether oxygens (including phenoxy) is 1. The van der Waals surface area contributed by atoms with Gasteiger partial charge in [0.25, 0.3) is 0 Å². The molecule has 1 aromatic carbocycles. The SMILES string of the molecule is CCOC(=O)C1=C(CN2CCN(C(=O)NC(C)C)CC2)N(CC)C(=O)N[C@@H]1c1cccc(Cl)c1. The van der Waals surface area contributed by atoms with E-state index in [4.69, 9.17) is 16.3 Å². The van der Waals surface area contributed by atoms with Crippen molar-refractivity contribution in [2.45, 2.75) is 39.8 Å². The van der Waals surface area contributed by atoms with E-state index in [1.54, 1.807) is 34.9 Å². The van der Waals surface area contributed by atoms with Crippen LogP contribution in [0.25, 0.3) is 0 Å². The second kappa shape index (κ2) is 11.6. The van der Waals surface area contributed by atoms with Crippen molar-refractivity contribution in [3.05, 3.63) is 46.1 Å². The molecule has 2 aliphatic heterocycles. The number of likely N-dealkylation sites (N-methyl/N-ethyl adjacent to an activating group) is 1. The van der Waals surface area contributed by atoms with Crippen LogP contribution in [-0.2, 0) is 9.53 Å². The van der Waals surface area contributed by atoms with E-state index in [2.05, 4.69) is 15.5 Å². The van der Waals surface area contributed by atoms with Crippen molar-refractivity contribution < 1.29 is 19.1 Å². The molecule has 3 rings (SSSR count). The number of carbonyl (C=O) groups is 3. The van der Waals surface area contributed by atoms with Crippen LogP contribution in [0.2, 0.25) is 5.02 Å². The molecular formula is C24H34ClN5O4. The second-order valence-electron chi connectivity index (χ2n) is 8.63. The maximum absolute atomic E-state index is 13.2. The van der Waals surface area contributed by atoms with E-state index in [1.807, 2.05) is 26.8 Å². The molecule has 34 heavy (non-hydrogen) atoms. The van der Waals surface area contributed by atoms with Crippen LogP contribution in [0.15, 0.2) is 35.5 Å². The molecule has 1 atom stereocenters. The molecule has 4 amide bonds. The average Bonchev–Trinajstić information content (AvgIpc) is 2.79. The number of nitrogens with zero attached hydrogens (tertiary/aromatic N) is 3. The summed E-state index contributed by atoms with van der Waals surface area (Å²) in [6.07, 6.45) is 0. The Hall–Kier alpha value is -2.78. The summed E-state index contributed by atoms with van der Waals surface area (Å²) in [6, 6.07) is 6.18. The summed E-state index contributed by atoms with van der Waals surface area (Å²) < 4.78 is 5.41. The number of hydrogen-bond donors (Lipinski definition) is 2. The molecule has 2 N–H and O–H groups in total. The van der Waals surface area contributed by atoms with Gasteiger partial charge in [-0.1, -0.05) is 23.7 Å². The summed E-state index contributed by atoms with van der Waals surface area (Å²) in [5.74, 6) is -0.462. The maximum Gasteiger partial charge on any atom is 0.338 e. The molecule has 2 aliphatic rings. The zero-order valence-electron chi connectivity index (χ0n) is 20.3. The van der Waals surface area contributed by atoms with Gasteiger partial charge < -0.3 is 20.3 Å². The minimum absolute atomic E-state index is 0.0742. The number of piperazine rings is 1. The summed E-state index contributed by atoms with van der Waals surface area (Å²) in [4.78, 5) is 44.1. The number of hydrogen-bond acceptors (Lipinski definition) is 5. The van der Waals surface area contributed by atoms with Gasteiger partial charge in [-0.3, -0.25) is 9.80 Å². The highest BCUT2D eigenvalue weighted by molar-refractivity contribution is 6.30. The third-order valence-corrected chi connectivity index (χ3v) is 6.11. The standard InChI is InChI=1S/C24H34ClN5O4/c1-5-30-19(15-28-10-12-29(13-11-28)23(32)26-16(3)4)20(22(31)34-6-2)21(27-24(30)33)17-8-7-9-18(25)14-17/h7-9,14,16,21H,5-6,10-13,15H2,1-4H3,(H,26,32)(H,27,33)/t21-/m1/s1. The Morgan fingerprint density at radius 1 is 1.21 bits per heavy atom. The Bertz CT molecular complexity index is 943. The molecule has 0 radical (unpaired) electrons. The maximum atomic E-state index is 13.2. The lowest BCUT2D eigenvalue weighted by Gasteiger charge is -2.40. The van der Waals surface area contributed by atoms with Crippen LogP contribution in [0.3, 0.4) is 0 Å². The van der Waals surface area contributed by atoms with Crippen LogP contribution in [0, 0.1) is 0 Å². The molecule has 0 spiro atoms. The van der Waals surface area contributed by atoms with E-state index in [-0.39, 0.29) is 24.7 Å². The first-order chi connectivity index (χ1) is 16.2. The Morgan fingerprint density at radius 2 is 1.91 bits per heavy atom. The molecule has 1 saturated heterocycles. The summed E-state index contributed by atoms with van der Waals surface area (Å²) >= 11 is 6.21. The summed E-state index contributed by atoms with van der Waals surface area (Å²) in [7, 11) is 0. The largest absolute Gasteiger partial charge is 0.463 e. The molecule has 186 valence electrons. The Morgan fingerprint density at radius 3 is 2.50 bits per heavy atom. The number of urea groups is 2.